The molecule has 328 valence electrons. The van der Waals surface area contributed by atoms with Crippen LogP contribution in [0.15, 0.2) is 98.6 Å². The van der Waals surface area contributed by atoms with Gasteiger partial charge in [-0.1, -0.05) is 75.9 Å². The number of ether oxygens (including phenoxy) is 6. The van der Waals surface area contributed by atoms with Crippen LogP contribution >= 0.6 is 0 Å². The van der Waals surface area contributed by atoms with Crippen LogP contribution in [0.2, 0.25) is 0 Å². The molecule has 0 unspecified atom stereocenters. The van der Waals surface area contributed by atoms with E-state index in [0.717, 1.165) is 88.2 Å². The topological polar surface area (TPSA) is 175 Å². The Hall–Kier alpha value is -6.44. The summed E-state index contributed by atoms with van der Waals surface area (Å²) >= 11 is 0. The van der Waals surface area contributed by atoms with Crippen molar-refractivity contribution in [2.75, 3.05) is 26.4 Å². The molecule has 0 aliphatic heterocycles. The molecule has 4 aromatic rings. The molecule has 0 spiro atoms. The number of carbonyl (C=O) groups excluding carboxylic acids is 4. The number of esters is 4. The molecule has 2 aromatic heterocycles. The molecule has 0 amide bonds. The third-order valence-corrected chi connectivity index (χ3v) is 10.1. The third kappa shape index (κ3) is 15.9. The molecule has 2 heterocycles. The van der Waals surface area contributed by atoms with E-state index in [1.807, 2.05) is 0 Å². The molecular weight excluding hydrogens is 793 g/mol. The van der Waals surface area contributed by atoms with Crippen LogP contribution in [-0.2, 0) is 28.5 Å². The van der Waals surface area contributed by atoms with Gasteiger partial charge < -0.3 is 28.4 Å². The van der Waals surface area contributed by atoms with Crippen molar-refractivity contribution in [1.29, 1.82) is 0 Å². The summed E-state index contributed by atoms with van der Waals surface area (Å²) in [6.07, 6.45) is 20.0. The Labute approximate surface area is 363 Å². The second-order valence-electron chi connectivity index (χ2n) is 14.8. The van der Waals surface area contributed by atoms with E-state index in [9.17, 15) is 19.2 Å². The molecule has 5 rings (SSSR count). The summed E-state index contributed by atoms with van der Waals surface area (Å²) in [6, 6.07) is 13.7. The minimum atomic E-state index is -0.571. The second kappa shape index (κ2) is 26.0. The Morgan fingerprint density at radius 1 is 0.500 bits per heavy atom. The maximum absolute atomic E-state index is 13.2. The van der Waals surface area contributed by atoms with Crippen molar-refractivity contribution in [2.45, 2.75) is 102 Å². The molecule has 1 aliphatic carbocycles. The number of nitrogens with zero attached hydrogens (tertiary/aromatic N) is 4. The van der Waals surface area contributed by atoms with Gasteiger partial charge in [0.1, 0.15) is 12.2 Å². The fourth-order valence-electron chi connectivity index (χ4n) is 6.65. The summed E-state index contributed by atoms with van der Waals surface area (Å²) in [6.45, 7) is 8.68. The Bertz CT molecular complexity index is 1880. The maximum atomic E-state index is 13.2. The molecule has 2 aromatic carbocycles. The first-order chi connectivity index (χ1) is 30.3. The maximum Gasteiger partial charge on any atom is 0.338 e. The SMILES string of the molecule is C=CC(=O)OCCCCCCCOc1cnc(-c2ccc(C(=O)O[C@@H]3CCCC[C@H]3OC(=O)c3ccc(-c4ncc(OCCCCCCCOC(=O)C=C)cn4)cc3)cc2)nc1. The zero-order valence-corrected chi connectivity index (χ0v) is 35.3. The van der Waals surface area contributed by atoms with Crippen LogP contribution in [0.25, 0.3) is 22.8 Å². The summed E-state index contributed by atoms with van der Waals surface area (Å²) in [5.41, 5.74) is 2.21. The molecule has 14 heteroatoms. The molecule has 1 fully saturated rings. The summed E-state index contributed by atoms with van der Waals surface area (Å²) in [5, 5.41) is 0. The van der Waals surface area contributed by atoms with E-state index in [2.05, 4.69) is 33.1 Å². The van der Waals surface area contributed by atoms with Gasteiger partial charge in [-0.3, -0.25) is 0 Å². The van der Waals surface area contributed by atoms with Crippen molar-refractivity contribution in [3.63, 3.8) is 0 Å². The van der Waals surface area contributed by atoms with Crippen molar-refractivity contribution in [1.82, 2.24) is 19.9 Å². The van der Waals surface area contributed by atoms with E-state index in [0.29, 0.717) is 73.5 Å². The lowest BCUT2D eigenvalue weighted by Gasteiger charge is -2.30. The molecule has 62 heavy (non-hydrogen) atoms. The fourth-order valence-corrected chi connectivity index (χ4v) is 6.65. The van der Waals surface area contributed by atoms with E-state index in [1.165, 1.54) is 12.2 Å². The number of unbranched alkanes of at least 4 members (excludes halogenated alkanes) is 8. The highest BCUT2D eigenvalue weighted by Gasteiger charge is 2.32. The third-order valence-electron chi connectivity index (χ3n) is 10.1. The van der Waals surface area contributed by atoms with Gasteiger partial charge in [-0.15, -0.1) is 0 Å². The van der Waals surface area contributed by atoms with Crippen LogP contribution in [0.4, 0.5) is 0 Å². The second-order valence-corrected chi connectivity index (χ2v) is 14.8. The van der Waals surface area contributed by atoms with Crippen molar-refractivity contribution >= 4 is 23.9 Å². The number of rotatable bonds is 26. The Balaban J connectivity index is 1.00. The normalized spacial score (nSPS) is 14.5. The minimum Gasteiger partial charge on any atom is -0.490 e. The number of aromatic nitrogens is 4. The van der Waals surface area contributed by atoms with Crippen LogP contribution in [0.3, 0.4) is 0 Å². The van der Waals surface area contributed by atoms with Gasteiger partial charge in [-0.05, 0) is 75.6 Å². The fraction of sp³-hybridized carbons (Fsp3) is 0.417. The van der Waals surface area contributed by atoms with Gasteiger partial charge in [0.25, 0.3) is 0 Å². The lowest BCUT2D eigenvalue weighted by atomic mass is 9.94. The zero-order valence-electron chi connectivity index (χ0n) is 35.3. The highest BCUT2D eigenvalue weighted by molar-refractivity contribution is 5.91. The first kappa shape index (κ1) is 46.6. The van der Waals surface area contributed by atoms with E-state index in [1.54, 1.807) is 73.3 Å². The van der Waals surface area contributed by atoms with Gasteiger partial charge in [0.2, 0.25) is 0 Å². The lowest BCUT2D eigenvalue weighted by molar-refractivity contribution is -0.138. The monoisotopic (exact) mass is 848 g/mol. The molecule has 1 saturated carbocycles. The molecule has 0 saturated heterocycles. The van der Waals surface area contributed by atoms with E-state index in [-0.39, 0.29) is 0 Å². The van der Waals surface area contributed by atoms with Crippen LogP contribution < -0.4 is 9.47 Å². The van der Waals surface area contributed by atoms with Gasteiger partial charge in [-0.2, -0.15) is 0 Å². The quantitative estimate of drug-likeness (QED) is 0.0253. The molecule has 0 bridgehead atoms. The minimum absolute atomic E-state index is 0.369. The first-order valence-corrected chi connectivity index (χ1v) is 21.4. The van der Waals surface area contributed by atoms with Crippen molar-refractivity contribution < 1.29 is 47.6 Å². The number of benzene rings is 2. The molecule has 2 atom stereocenters. The van der Waals surface area contributed by atoms with Gasteiger partial charge >= 0.3 is 23.9 Å². The average molecular weight is 849 g/mol. The largest absolute Gasteiger partial charge is 0.490 e. The Kier molecular flexibility index (Phi) is 19.6. The number of carbonyl (C=O) groups is 4. The first-order valence-electron chi connectivity index (χ1n) is 21.4. The van der Waals surface area contributed by atoms with Gasteiger partial charge in [0.05, 0.1) is 62.3 Å². The highest BCUT2D eigenvalue weighted by Crippen LogP contribution is 2.27. The van der Waals surface area contributed by atoms with E-state index in [4.69, 9.17) is 28.4 Å². The molecule has 14 nitrogen and oxygen atoms in total. The average Bonchev–Trinajstić information content (AvgIpc) is 3.31. The predicted octanol–water partition coefficient (Wildman–Crippen LogP) is 9.04. The van der Waals surface area contributed by atoms with Crippen LogP contribution in [-0.4, -0.2) is 82.4 Å². The standard InChI is InChI=1S/C48H56N4O10/c1-3-43(53)59-29-15-9-5-7-13-27-57-39-31-49-45(50-32-39)35-19-23-37(24-20-35)47(55)61-41-17-11-12-18-42(41)62-48(56)38-25-21-36(22-26-38)46-51-33-40(34-52-46)58-28-14-8-6-10-16-30-60-44(54)4-2/h3-4,19-26,31-34,41-42H,1-2,5-18,27-30H2/t41-,42-/m1/s1. The Morgan fingerprint density at radius 3 is 1.19 bits per heavy atom. The van der Waals surface area contributed by atoms with E-state index < -0.39 is 36.1 Å². The highest BCUT2D eigenvalue weighted by atomic mass is 16.6. The number of hydrogen-bond acceptors (Lipinski definition) is 14. The van der Waals surface area contributed by atoms with Gasteiger partial charge in [-0.25, -0.2) is 39.1 Å². The molecule has 0 N–H and O–H groups in total. The lowest BCUT2D eigenvalue weighted by Crippen LogP contribution is -2.37. The van der Waals surface area contributed by atoms with Crippen LogP contribution in [0.5, 0.6) is 11.5 Å². The summed E-state index contributed by atoms with van der Waals surface area (Å²) < 4.78 is 33.3. The predicted molar refractivity (Wildman–Crippen MR) is 231 cm³/mol. The molecule has 0 radical (unpaired) electrons. The van der Waals surface area contributed by atoms with E-state index >= 15 is 0 Å². The molecular formula is C48H56N4O10. The van der Waals surface area contributed by atoms with Crippen LogP contribution in [0.1, 0.15) is 111 Å². The van der Waals surface area contributed by atoms with Crippen molar-refractivity contribution in [2.24, 2.45) is 0 Å². The van der Waals surface area contributed by atoms with Crippen molar-refractivity contribution in [3.05, 3.63) is 110 Å². The molecule has 1 aliphatic rings. The number of hydrogen-bond donors (Lipinski definition) is 0. The summed E-state index contributed by atoms with van der Waals surface area (Å²) in [4.78, 5) is 66.3. The smallest absolute Gasteiger partial charge is 0.338 e. The zero-order chi connectivity index (χ0) is 43.8. The summed E-state index contributed by atoms with van der Waals surface area (Å²) in [5.74, 6) is 0.369. The van der Waals surface area contributed by atoms with Gasteiger partial charge in [0.15, 0.2) is 23.1 Å². The van der Waals surface area contributed by atoms with Gasteiger partial charge in [0, 0.05) is 23.3 Å². The van der Waals surface area contributed by atoms with Crippen molar-refractivity contribution in [3.8, 4) is 34.3 Å². The van der Waals surface area contributed by atoms with Crippen LogP contribution in [0, 0.1) is 0 Å². The summed E-state index contributed by atoms with van der Waals surface area (Å²) in [7, 11) is 0. The Morgan fingerprint density at radius 2 is 0.839 bits per heavy atom.